The van der Waals surface area contributed by atoms with E-state index in [1.807, 2.05) is 0 Å². The summed E-state index contributed by atoms with van der Waals surface area (Å²) in [6, 6.07) is 5.00. The molecule has 19 heavy (non-hydrogen) atoms. The van der Waals surface area contributed by atoms with E-state index in [0.717, 1.165) is 18.5 Å². The largest absolute Gasteiger partial charge is 0.462 e. The standard InChI is InChI=1S/C14H16ClNO3/c1-2-19-14(18)11-7-6-10(9-12(11)15)16-8-4-3-5-13(16)17/h6-7,9H,2-5,8H2,1H3. The normalized spacial score (nSPS) is 15.5. The van der Waals surface area contributed by atoms with Crippen molar-refractivity contribution in [3.8, 4) is 0 Å². The number of amides is 1. The van der Waals surface area contributed by atoms with Gasteiger partial charge in [-0.1, -0.05) is 11.6 Å². The van der Waals surface area contributed by atoms with Crippen molar-refractivity contribution in [1.29, 1.82) is 0 Å². The van der Waals surface area contributed by atoms with Gasteiger partial charge in [0.15, 0.2) is 0 Å². The number of piperidine rings is 1. The Hall–Kier alpha value is -1.55. The summed E-state index contributed by atoms with van der Waals surface area (Å²) in [5.74, 6) is -0.338. The van der Waals surface area contributed by atoms with Gasteiger partial charge in [0.05, 0.1) is 17.2 Å². The molecule has 2 rings (SSSR count). The van der Waals surface area contributed by atoms with Gasteiger partial charge in [0, 0.05) is 18.7 Å². The van der Waals surface area contributed by atoms with Crippen LogP contribution in [0.1, 0.15) is 36.5 Å². The topological polar surface area (TPSA) is 46.6 Å². The number of halogens is 1. The molecule has 0 spiro atoms. The zero-order valence-electron chi connectivity index (χ0n) is 10.8. The lowest BCUT2D eigenvalue weighted by atomic mass is 10.1. The van der Waals surface area contributed by atoms with Crippen LogP contribution in [0.25, 0.3) is 0 Å². The average Bonchev–Trinajstić information content (AvgIpc) is 2.39. The Kier molecular flexibility index (Phi) is 4.43. The monoisotopic (exact) mass is 281 g/mol. The van der Waals surface area contributed by atoms with Crippen molar-refractivity contribution >= 4 is 29.2 Å². The number of carbonyl (C=O) groups excluding carboxylic acids is 2. The Morgan fingerprint density at radius 3 is 2.84 bits per heavy atom. The summed E-state index contributed by atoms with van der Waals surface area (Å²) in [5.41, 5.74) is 1.07. The predicted molar refractivity (Wildman–Crippen MR) is 73.6 cm³/mol. The van der Waals surface area contributed by atoms with E-state index in [1.54, 1.807) is 30.0 Å². The van der Waals surface area contributed by atoms with Crippen molar-refractivity contribution in [2.45, 2.75) is 26.2 Å². The molecule has 1 aliphatic heterocycles. The van der Waals surface area contributed by atoms with Crippen LogP contribution in [0.5, 0.6) is 0 Å². The van der Waals surface area contributed by atoms with Gasteiger partial charge in [0.25, 0.3) is 0 Å². The SMILES string of the molecule is CCOC(=O)c1ccc(N2CCCCC2=O)cc1Cl. The number of hydrogen-bond acceptors (Lipinski definition) is 3. The molecule has 1 amide bonds. The quantitative estimate of drug-likeness (QED) is 0.800. The first kappa shape index (κ1) is 13.9. The van der Waals surface area contributed by atoms with Crippen LogP contribution in [0.4, 0.5) is 5.69 Å². The molecule has 0 atom stereocenters. The smallest absolute Gasteiger partial charge is 0.339 e. The highest BCUT2D eigenvalue weighted by atomic mass is 35.5. The highest BCUT2D eigenvalue weighted by Gasteiger charge is 2.21. The summed E-state index contributed by atoms with van der Waals surface area (Å²) >= 11 is 6.09. The van der Waals surface area contributed by atoms with Crippen molar-refractivity contribution in [1.82, 2.24) is 0 Å². The van der Waals surface area contributed by atoms with Gasteiger partial charge in [0.1, 0.15) is 0 Å². The summed E-state index contributed by atoms with van der Waals surface area (Å²) in [7, 11) is 0. The number of nitrogens with zero attached hydrogens (tertiary/aromatic N) is 1. The second-order valence-electron chi connectivity index (χ2n) is 4.39. The number of rotatable bonds is 3. The molecule has 1 fully saturated rings. The van der Waals surface area contributed by atoms with E-state index < -0.39 is 5.97 Å². The second kappa shape index (κ2) is 6.06. The first-order valence-corrected chi connectivity index (χ1v) is 6.78. The van der Waals surface area contributed by atoms with Crippen molar-refractivity contribution in [3.63, 3.8) is 0 Å². The lowest BCUT2D eigenvalue weighted by Gasteiger charge is -2.27. The molecule has 0 aromatic heterocycles. The van der Waals surface area contributed by atoms with Crippen LogP contribution in [0.15, 0.2) is 18.2 Å². The maximum atomic E-state index is 11.8. The second-order valence-corrected chi connectivity index (χ2v) is 4.79. The number of ether oxygens (including phenoxy) is 1. The summed E-state index contributed by atoms with van der Waals surface area (Å²) in [5, 5.41) is 0.314. The molecule has 1 heterocycles. The molecule has 1 saturated heterocycles. The zero-order chi connectivity index (χ0) is 13.8. The fraction of sp³-hybridized carbons (Fsp3) is 0.429. The molecule has 4 nitrogen and oxygen atoms in total. The van der Waals surface area contributed by atoms with Crippen LogP contribution >= 0.6 is 11.6 Å². The molecule has 1 aromatic carbocycles. The maximum Gasteiger partial charge on any atom is 0.339 e. The van der Waals surface area contributed by atoms with Gasteiger partial charge in [-0.2, -0.15) is 0 Å². The third kappa shape index (κ3) is 3.07. The van der Waals surface area contributed by atoms with Gasteiger partial charge >= 0.3 is 5.97 Å². The van der Waals surface area contributed by atoms with Gasteiger partial charge in [-0.05, 0) is 38.0 Å². The Bertz CT molecular complexity index is 501. The van der Waals surface area contributed by atoms with Crippen LogP contribution in [-0.2, 0) is 9.53 Å². The summed E-state index contributed by atoms with van der Waals surface area (Å²) in [4.78, 5) is 25.2. The molecule has 0 N–H and O–H groups in total. The fourth-order valence-corrected chi connectivity index (χ4v) is 2.38. The molecule has 0 unspecified atom stereocenters. The van der Waals surface area contributed by atoms with Crippen molar-refractivity contribution in [2.75, 3.05) is 18.1 Å². The number of carbonyl (C=O) groups is 2. The minimum atomic E-state index is -0.441. The minimum Gasteiger partial charge on any atom is -0.462 e. The van der Waals surface area contributed by atoms with Crippen molar-refractivity contribution < 1.29 is 14.3 Å². The van der Waals surface area contributed by atoms with Gasteiger partial charge in [-0.25, -0.2) is 4.79 Å². The van der Waals surface area contributed by atoms with Gasteiger partial charge in [-0.15, -0.1) is 0 Å². The first-order valence-electron chi connectivity index (χ1n) is 6.40. The van der Waals surface area contributed by atoms with Crippen LogP contribution in [0, 0.1) is 0 Å². The molecular weight excluding hydrogens is 266 g/mol. The van der Waals surface area contributed by atoms with Crippen molar-refractivity contribution in [3.05, 3.63) is 28.8 Å². The predicted octanol–water partition coefficient (Wildman–Crippen LogP) is 3.03. The van der Waals surface area contributed by atoms with E-state index in [2.05, 4.69) is 0 Å². The molecule has 0 aliphatic carbocycles. The van der Waals surface area contributed by atoms with Gasteiger partial charge in [-0.3, -0.25) is 4.79 Å². The summed E-state index contributed by atoms with van der Waals surface area (Å²) < 4.78 is 4.91. The third-order valence-electron chi connectivity index (χ3n) is 3.08. The maximum absolute atomic E-state index is 11.8. The van der Waals surface area contributed by atoms with Gasteiger partial charge in [0.2, 0.25) is 5.91 Å². The lowest BCUT2D eigenvalue weighted by molar-refractivity contribution is -0.119. The molecule has 102 valence electrons. The van der Waals surface area contributed by atoms with E-state index in [4.69, 9.17) is 16.3 Å². The number of benzene rings is 1. The molecule has 0 radical (unpaired) electrons. The number of hydrogen-bond donors (Lipinski definition) is 0. The number of anilines is 1. The Morgan fingerprint density at radius 2 is 2.21 bits per heavy atom. The fourth-order valence-electron chi connectivity index (χ4n) is 2.13. The molecule has 0 bridgehead atoms. The van der Waals surface area contributed by atoms with E-state index in [-0.39, 0.29) is 5.91 Å². The highest BCUT2D eigenvalue weighted by Crippen LogP contribution is 2.27. The van der Waals surface area contributed by atoms with Crippen molar-refractivity contribution in [2.24, 2.45) is 0 Å². The zero-order valence-corrected chi connectivity index (χ0v) is 11.6. The minimum absolute atomic E-state index is 0.103. The average molecular weight is 282 g/mol. The first-order chi connectivity index (χ1) is 9.13. The summed E-state index contributed by atoms with van der Waals surface area (Å²) in [6.07, 6.45) is 2.49. The number of esters is 1. The van der Waals surface area contributed by atoms with E-state index in [1.165, 1.54) is 0 Å². The third-order valence-corrected chi connectivity index (χ3v) is 3.40. The van der Waals surface area contributed by atoms with Gasteiger partial charge < -0.3 is 9.64 Å². The summed E-state index contributed by atoms with van der Waals surface area (Å²) in [6.45, 7) is 2.75. The molecule has 1 aliphatic rings. The van der Waals surface area contributed by atoms with Crippen LogP contribution in [-0.4, -0.2) is 25.0 Å². The molecule has 0 saturated carbocycles. The van der Waals surface area contributed by atoms with E-state index >= 15 is 0 Å². The lowest BCUT2D eigenvalue weighted by Crippen LogP contribution is -2.35. The van der Waals surface area contributed by atoms with Crippen LogP contribution < -0.4 is 4.90 Å². The Labute approximate surface area is 117 Å². The molecular formula is C14H16ClNO3. The molecule has 1 aromatic rings. The van der Waals surface area contributed by atoms with Crippen LogP contribution in [0.2, 0.25) is 5.02 Å². The Morgan fingerprint density at radius 1 is 1.42 bits per heavy atom. The Balaban J connectivity index is 2.23. The molecule has 5 heteroatoms. The highest BCUT2D eigenvalue weighted by molar-refractivity contribution is 6.34. The van der Waals surface area contributed by atoms with E-state index in [9.17, 15) is 9.59 Å². The van der Waals surface area contributed by atoms with Crippen LogP contribution in [0.3, 0.4) is 0 Å². The van der Waals surface area contributed by atoms with E-state index in [0.29, 0.717) is 30.2 Å².